The van der Waals surface area contributed by atoms with E-state index < -0.39 is 0 Å². The van der Waals surface area contributed by atoms with Gasteiger partial charge in [-0.3, -0.25) is 0 Å². The van der Waals surface area contributed by atoms with E-state index in [2.05, 4.69) is 13.8 Å². The van der Waals surface area contributed by atoms with Crippen molar-refractivity contribution >= 4 is 0 Å². The van der Waals surface area contributed by atoms with Crippen LogP contribution in [0.15, 0.2) is 18.2 Å². The van der Waals surface area contributed by atoms with Gasteiger partial charge in [0.1, 0.15) is 0 Å². The number of methoxy groups -OCH3 is 1. The summed E-state index contributed by atoms with van der Waals surface area (Å²) in [5.74, 6) is 1.87. The second-order valence-corrected chi connectivity index (χ2v) is 3.85. The molecule has 0 aliphatic heterocycles. The number of ether oxygens (including phenoxy) is 2. The van der Waals surface area contributed by atoms with Gasteiger partial charge in [-0.25, -0.2) is 0 Å². The van der Waals surface area contributed by atoms with E-state index in [9.17, 15) is 0 Å². The summed E-state index contributed by atoms with van der Waals surface area (Å²) in [6.45, 7) is 4.86. The van der Waals surface area contributed by atoms with Crippen molar-refractivity contribution in [2.45, 2.75) is 20.5 Å². The molecular weight excluding hydrogens is 192 g/mol. The average Bonchev–Trinajstić information content (AvgIpc) is 2.25. The van der Waals surface area contributed by atoms with Crippen molar-refractivity contribution in [1.29, 1.82) is 0 Å². The van der Waals surface area contributed by atoms with E-state index in [1.807, 2.05) is 12.1 Å². The zero-order valence-corrected chi connectivity index (χ0v) is 9.49. The summed E-state index contributed by atoms with van der Waals surface area (Å²) in [6.07, 6.45) is 0. The second kappa shape index (κ2) is 5.61. The molecule has 0 aromatic heterocycles. The number of benzene rings is 1. The summed E-state index contributed by atoms with van der Waals surface area (Å²) >= 11 is 0. The highest BCUT2D eigenvalue weighted by Crippen LogP contribution is 2.28. The lowest BCUT2D eigenvalue weighted by Gasteiger charge is -2.12. The molecule has 15 heavy (non-hydrogen) atoms. The maximum Gasteiger partial charge on any atom is 0.161 e. The van der Waals surface area contributed by atoms with Gasteiger partial charge in [0.15, 0.2) is 11.5 Å². The molecule has 3 heteroatoms. The molecule has 0 aliphatic carbocycles. The van der Waals surface area contributed by atoms with Crippen molar-refractivity contribution in [2.75, 3.05) is 13.7 Å². The molecule has 1 aromatic rings. The number of aliphatic hydroxyl groups is 1. The maximum absolute atomic E-state index is 8.97. The van der Waals surface area contributed by atoms with Crippen LogP contribution in [0.25, 0.3) is 0 Å². The standard InChI is InChI=1S/C12H18O3/c1-9(2)8-15-11-5-4-10(7-13)6-12(11)14-3/h4-6,9,13H,7-8H2,1-3H3. The molecule has 0 heterocycles. The highest BCUT2D eigenvalue weighted by molar-refractivity contribution is 5.42. The highest BCUT2D eigenvalue weighted by atomic mass is 16.5. The monoisotopic (exact) mass is 210 g/mol. The molecule has 0 fully saturated rings. The minimum atomic E-state index is 0.0147. The van der Waals surface area contributed by atoms with Crippen molar-refractivity contribution in [3.05, 3.63) is 23.8 Å². The largest absolute Gasteiger partial charge is 0.493 e. The van der Waals surface area contributed by atoms with Crippen LogP contribution in [-0.4, -0.2) is 18.8 Å². The molecule has 0 aliphatic rings. The fourth-order valence-electron chi connectivity index (χ4n) is 1.19. The predicted octanol–water partition coefficient (Wildman–Crippen LogP) is 2.22. The Morgan fingerprint density at radius 1 is 1.27 bits per heavy atom. The highest BCUT2D eigenvalue weighted by Gasteiger charge is 2.06. The van der Waals surface area contributed by atoms with Crippen LogP contribution in [0.2, 0.25) is 0 Å². The quantitative estimate of drug-likeness (QED) is 0.810. The van der Waals surface area contributed by atoms with E-state index >= 15 is 0 Å². The molecule has 0 unspecified atom stereocenters. The summed E-state index contributed by atoms with van der Waals surface area (Å²) < 4.78 is 10.8. The lowest BCUT2D eigenvalue weighted by atomic mass is 10.2. The third-order valence-corrected chi connectivity index (χ3v) is 1.98. The van der Waals surface area contributed by atoms with Crippen LogP contribution in [-0.2, 0) is 6.61 Å². The fourth-order valence-corrected chi connectivity index (χ4v) is 1.19. The third kappa shape index (κ3) is 3.44. The van der Waals surface area contributed by atoms with Crippen LogP contribution in [0.3, 0.4) is 0 Å². The first-order chi connectivity index (χ1) is 7.17. The van der Waals surface area contributed by atoms with Gasteiger partial charge in [0.05, 0.1) is 20.3 Å². The van der Waals surface area contributed by atoms with Gasteiger partial charge in [-0.1, -0.05) is 19.9 Å². The van der Waals surface area contributed by atoms with Gasteiger partial charge < -0.3 is 14.6 Å². The van der Waals surface area contributed by atoms with Gasteiger partial charge in [-0.15, -0.1) is 0 Å². The predicted molar refractivity (Wildman–Crippen MR) is 59.2 cm³/mol. The Morgan fingerprint density at radius 2 is 2.00 bits per heavy atom. The average molecular weight is 210 g/mol. The van der Waals surface area contributed by atoms with Crippen LogP contribution in [0.1, 0.15) is 19.4 Å². The van der Waals surface area contributed by atoms with E-state index in [1.165, 1.54) is 0 Å². The van der Waals surface area contributed by atoms with Crippen LogP contribution < -0.4 is 9.47 Å². The zero-order valence-electron chi connectivity index (χ0n) is 9.49. The minimum Gasteiger partial charge on any atom is -0.493 e. The number of aliphatic hydroxyl groups excluding tert-OH is 1. The van der Waals surface area contributed by atoms with Crippen LogP contribution in [0.4, 0.5) is 0 Å². The van der Waals surface area contributed by atoms with Gasteiger partial charge in [-0.2, -0.15) is 0 Å². The lowest BCUT2D eigenvalue weighted by Crippen LogP contribution is -2.05. The molecule has 0 bridgehead atoms. The van der Waals surface area contributed by atoms with Crippen molar-refractivity contribution in [3.8, 4) is 11.5 Å². The third-order valence-electron chi connectivity index (χ3n) is 1.98. The molecule has 0 saturated heterocycles. The molecule has 1 N–H and O–H groups in total. The SMILES string of the molecule is COc1cc(CO)ccc1OCC(C)C. The summed E-state index contributed by atoms with van der Waals surface area (Å²) in [7, 11) is 1.60. The molecule has 84 valence electrons. The first-order valence-electron chi connectivity index (χ1n) is 5.08. The van der Waals surface area contributed by atoms with Gasteiger partial charge in [0.2, 0.25) is 0 Å². The van der Waals surface area contributed by atoms with E-state index in [1.54, 1.807) is 13.2 Å². The van der Waals surface area contributed by atoms with Crippen LogP contribution >= 0.6 is 0 Å². The molecule has 0 spiro atoms. The van der Waals surface area contributed by atoms with Crippen LogP contribution in [0.5, 0.6) is 11.5 Å². The van der Waals surface area contributed by atoms with Crippen molar-refractivity contribution in [2.24, 2.45) is 5.92 Å². The summed E-state index contributed by atoms with van der Waals surface area (Å²) in [5, 5.41) is 8.97. The number of hydrogen-bond donors (Lipinski definition) is 1. The van der Waals surface area contributed by atoms with E-state index in [4.69, 9.17) is 14.6 Å². The summed E-state index contributed by atoms with van der Waals surface area (Å²) in [6, 6.07) is 5.45. The molecule has 0 radical (unpaired) electrons. The minimum absolute atomic E-state index is 0.0147. The van der Waals surface area contributed by atoms with Gasteiger partial charge in [0.25, 0.3) is 0 Å². The normalized spacial score (nSPS) is 10.5. The van der Waals surface area contributed by atoms with Crippen molar-refractivity contribution in [1.82, 2.24) is 0 Å². The van der Waals surface area contributed by atoms with Crippen molar-refractivity contribution in [3.63, 3.8) is 0 Å². The Morgan fingerprint density at radius 3 is 2.53 bits per heavy atom. The van der Waals surface area contributed by atoms with Gasteiger partial charge in [-0.05, 0) is 23.6 Å². The van der Waals surface area contributed by atoms with E-state index in [0.29, 0.717) is 18.3 Å². The molecule has 1 rings (SSSR count). The van der Waals surface area contributed by atoms with E-state index in [-0.39, 0.29) is 6.61 Å². The zero-order chi connectivity index (χ0) is 11.3. The Labute approximate surface area is 90.6 Å². The van der Waals surface area contributed by atoms with Gasteiger partial charge >= 0.3 is 0 Å². The smallest absolute Gasteiger partial charge is 0.161 e. The topological polar surface area (TPSA) is 38.7 Å². The first kappa shape index (κ1) is 11.9. The van der Waals surface area contributed by atoms with Gasteiger partial charge in [0, 0.05) is 0 Å². The summed E-state index contributed by atoms with van der Waals surface area (Å²) in [4.78, 5) is 0. The Hall–Kier alpha value is -1.22. The molecular formula is C12H18O3. The fraction of sp³-hybridized carbons (Fsp3) is 0.500. The maximum atomic E-state index is 8.97. The van der Waals surface area contributed by atoms with Crippen LogP contribution in [0, 0.1) is 5.92 Å². The second-order valence-electron chi connectivity index (χ2n) is 3.85. The first-order valence-corrected chi connectivity index (χ1v) is 5.08. The molecule has 0 atom stereocenters. The Balaban J connectivity index is 2.78. The Kier molecular flexibility index (Phi) is 4.43. The van der Waals surface area contributed by atoms with Crippen molar-refractivity contribution < 1.29 is 14.6 Å². The molecule has 0 amide bonds. The number of hydrogen-bond acceptors (Lipinski definition) is 3. The Bertz CT molecular complexity index is 308. The number of rotatable bonds is 5. The lowest BCUT2D eigenvalue weighted by molar-refractivity contribution is 0.255. The van der Waals surface area contributed by atoms with E-state index in [0.717, 1.165) is 11.3 Å². The molecule has 1 aromatic carbocycles. The molecule has 3 nitrogen and oxygen atoms in total. The summed E-state index contributed by atoms with van der Waals surface area (Å²) in [5.41, 5.74) is 0.823. The molecule has 0 saturated carbocycles.